The van der Waals surface area contributed by atoms with Gasteiger partial charge in [-0.15, -0.1) is 10.2 Å². The van der Waals surface area contributed by atoms with Gasteiger partial charge in [-0.05, 0) is 62.7 Å². The van der Waals surface area contributed by atoms with Crippen LogP contribution in [0.4, 0.5) is 5.82 Å². The van der Waals surface area contributed by atoms with Crippen molar-refractivity contribution in [2.24, 2.45) is 0 Å². The van der Waals surface area contributed by atoms with E-state index < -0.39 is 10.0 Å². The highest BCUT2D eigenvalue weighted by molar-refractivity contribution is 7.89. The van der Waals surface area contributed by atoms with Crippen molar-refractivity contribution in [3.8, 4) is 17.0 Å². The first-order valence-electron chi connectivity index (χ1n) is 10.8. The normalized spacial score (nSPS) is 15.0. The molecule has 1 saturated heterocycles. The molecule has 0 radical (unpaired) electrons. The lowest BCUT2D eigenvalue weighted by Gasteiger charge is -2.34. The topological polar surface area (TPSA) is 75.6 Å². The molecule has 2 aromatic carbocycles. The molecule has 0 spiro atoms. The Morgan fingerprint density at radius 1 is 0.906 bits per heavy atom. The molecule has 0 unspecified atom stereocenters. The fraction of sp³-hybridized carbons (Fsp3) is 0.333. The quantitative estimate of drug-likeness (QED) is 0.568. The number of rotatable bonds is 6. The molecule has 1 aliphatic rings. The number of nitrogens with zero attached hydrogens (tertiary/aromatic N) is 4. The second-order valence-corrected chi connectivity index (χ2v) is 9.83. The molecule has 0 saturated carbocycles. The van der Waals surface area contributed by atoms with Crippen molar-refractivity contribution in [2.75, 3.05) is 37.7 Å². The average molecular weight is 453 g/mol. The standard InChI is InChI=1S/C24H28N4O3S/c1-4-31-20-6-8-21(9-7-20)32(29,30)28-15-13-27(14-16-28)24-12-11-23(25-26-24)22-10-5-18(2)17-19(22)3/h5-12,17H,4,13-16H2,1-3H3. The van der Waals surface area contributed by atoms with Gasteiger partial charge in [0.2, 0.25) is 10.0 Å². The summed E-state index contributed by atoms with van der Waals surface area (Å²) in [5.74, 6) is 1.43. The SMILES string of the molecule is CCOc1ccc(S(=O)(=O)N2CCN(c3ccc(-c4ccc(C)cc4C)nn3)CC2)cc1. The Kier molecular flexibility index (Phi) is 6.43. The molecule has 0 amide bonds. The summed E-state index contributed by atoms with van der Waals surface area (Å²) in [5, 5.41) is 8.83. The van der Waals surface area contributed by atoms with Crippen LogP contribution in [-0.4, -0.2) is 55.7 Å². The van der Waals surface area contributed by atoms with Gasteiger partial charge in [0, 0.05) is 31.7 Å². The zero-order valence-corrected chi connectivity index (χ0v) is 19.5. The van der Waals surface area contributed by atoms with Gasteiger partial charge in [0.1, 0.15) is 5.75 Å². The Bertz CT molecular complexity index is 1170. The third-order valence-corrected chi connectivity index (χ3v) is 7.56. The number of sulfonamides is 1. The van der Waals surface area contributed by atoms with E-state index >= 15 is 0 Å². The van der Waals surface area contributed by atoms with E-state index in [2.05, 4.69) is 47.1 Å². The lowest BCUT2D eigenvalue weighted by molar-refractivity contribution is 0.340. The van der Waals surface area contributed by atoms with Gasteiger partial charge in [-0.1, -0.05) is 23.8 Å². The van der Waals surface area contributed by atoms with Crippen LogP contribution >= 0.6 is 0 Å². The van der Waals surface area contributed by atoms with Crippen LogP contribution in [0, 0.1) is 13.8 Å². The fourth-order valence-electron chi connectivity index (χ4n) is 3.92. The van der Waals surface area contributed by atoms with Gasteiger partial charge in [0.05, 0.1) is 17.2 Å². The van der Waals surface area contributed by atoms with Gasteiger partial charge >= 0.3 is 0 Å². The van der Waals surface area contributed by atoms with Gasteiger partial charge < -0.3 is 9.64 Å². The number of anilines is 1. The molecule has 7 nitrogen and oxygen atoms in total. The summed E-state index contributed by atoms with van der Waals surface area (Å²) in [4.78, 5) is 2.36. The second-order valence-electron chi connectivity index (χ2n) is 7.89. The Morgan fingerprint density at radius 2 is 1.62 bits per heavy atom. The van der Waals surface area contributed by atoms with E-state index in [4.69, 9.17) is 4.74 Å². The van der Waals surface area contributed by atoms with Crippen molar-refractivity contribution in [3.63, 3.8) is 0 Å². The predicted molar refractivity (Wildman–Crippen MR) is 126 cm³/mol. The molecule has 1 aromatic heterocycles. The van der Waals surface area contributed by atoms with Gasteiger partial charge in [-0.3, -0.25) is 0 Å². The van der Waals surface area contributed by atoms with E-state index in [1.165, 1.54) is 15.4 Å². The number of aryl methyl sites for hydroxylation is 2. The van der Waals surface area contributed by atoms with Crippen molar-refractivity contribution in [2.45, 2.75) is 25.7 Å². The second kappa shape index (κ2) is 9.26. The average Bonchev–Trinajstić information content (AvgIpc) is 2.80. The van der Waals surface area contributed by atoms with Crippen molar-refractivity contribution in [1.29, 1.82) is 0 Å². The van der Waals surface area contributed by atoms with Crippen LogP contribution in [0.3, 0.4) is 0 Å². The zero-order valence-electron chi connectivity index (χ0n) is 18.7. The van der Waals surface area contributed by atoms with Crippen molar-refractivity contribution in [1.82, 2.24) is 14.5 Å². The molecule has 3 aromatic rings. The van der Waals surface area contributed by atoms with Gasteiger partial charge in [-0.2, -0.15) is 4.31 Å². The monoisotopic (exact) mass is 452 g/mol. The minimum atomic E-state index is -3.54. The molecule has 0 aliphatic carbocycles. The maximum absolute atomic E-state index is 13.0. The largest absolute Gasteiger partial charge is 0.494 e. The molecule has 168 valence electrons. The summed E-state index contributed by atoms with van der Waals surface area (Å²) >= 11 is 0. The smallest absolute Gasteiger partial charge is 0.243 e. The van der Waals surface area contributed by atoms with E-state index in [-0.39, 0.29) is 4.90 Å². The first kappa shape index (κ1) is 22.2. The molecule has 0 N–H and O–H groups in total. The van der Waals surface area contributed by atoms with Crippen molar-refractivity contribution >= 4 is 15.8 Å². The molecule has 32 heavy (non-hydrogen) atoms. The predicted octanol–water partition coefficient (Wildman–Crippen LogP) is 3.67. The summed E-state index contributed by atoms with van der Waals surface area (Å²) in [7, 11) is -3.54. The molecule has 0 atom stereocenters. The van der Waals surface area contributed by atoms with Gasteiger partial charge in [0.15, 0.2) is 5.82 Å². The summed E-state index contributed by atoms with van der Waals surface area (Å²) in [6, 6.07) is 16.8. The summed E-state index contributed by atoms with van der Waals surface area (Å²) in [6.07, 6.45) is 0. The summed E-state index contributed by atoms with van der Waals surface area (Å²) < 4.78 is 32.9. The molecular formula is C24H28N4O3S. The Balaban J connectivity index is 1.42. The van der Waals surface area contributed by atoms with E-state index in [0.29, 0.717) is 38.5 Å². The number of benzene rings is 2. The first-order chi connectivity index (χ1) is 15.4. The highest BCUT2D eigenvalue weighted by Crippen LogP contribution is 2.25. The third-order valence-electron chi connectivity index (χ3n) is 5.64. The Labute approximate surface area is 189 Å². The molecule has 2 heterocycles. The van der Waals surface area contributed by atoms with E-state index in [1.54, 1.807) is 24.3 Å². The molecule has 4 rings (SSSR count). The number of piperazine rings is 1. The van der Waals surface area contributed by atoms with Crippen LogP contribution < -0.4 is 9.64 Å². The van der Waals surface area contributed by atoms with E-state index in [1.807, 2.05) is 19.1 Å². The van der Waals surface area contributed by atoms with E-state index in [9.17, 15) is 8.42 Å². The van der Waals surface area contributed by atoms with Gasteiger partial charge in [-0.25, -0.2) is 8.42 Å². The van der Waals surface area contributed by atoms with Crippen LogP contribution in [-0.2, 0) is 10.0 Å². The molecule has 0 bridgehead atoms. The summed E-state index contributed by atoms with van der Waals surface area (Å²) in [5.41, 5.74) is 4.29. The van der Waals surface area contributed by atoms with Crippen molar-refractivity contribution < 1.29 is 13.2 Å². The molecule has 1 aliphatic heterocycles. The van der Waals surface area contributed by atoms with E-state index in [0.717, 1.165) is 17.1 Å². The number of hydrogen-bond donors (Lipinski definition) is 0. The minimum absolute atomic E-state index is 0.284. The zero-order chi connectivity index (χ0) is 22.7. The summed E-state index contributed by atoms with van der Waals surface area (Å²) in [6.45, 7) is 8.51. The highest BCUT2D eigenvalue weighted by Gasteiger charge is 2.29. The minimum Gasteiger partial charge on any atom is -0.494 e. The Morgan fingerprint density at radius 3 is 2.22 bits per heavy atom. The lowest BCUT2D eigenvalue weighted by atomic mass is 10.0. The lowest BCUT2D eigenvalue weighted by Crippen LogP contribution is -2.48. The highest BCUT2D eigenvalue weighted by atomic mass is 32.2. The van der Waals surface area contributed by atoms with Crippen molar-refractivity contribution in [3.05, 3.63) is 65.7 Å². The van der Waals surface area contributed by atoms with Crippen LogP contribution in [0.2, 0.25) is 0 Å². The Hall–Kier alpha value is -2.97. The number of ether oxygens (including phenoxy) is 1. The number of hydrogen-bond acceptors (Lipinski definition) is 6. The van der Waals surface area contributed by atoms with Crippen LogP contribution in [0.15, 0.2) is 59.5 Å². The van der Waals surface area contributed by atoms with Gasteiger partial charge in [0.25, 0.3) is 0 Å². The first-order valence-corrected chi connectivity index (χ1v) is 12.2. The maximum Gasteiger partial charge on any atom is 0.243 e. The fourth-order valence-corrected chi connectivity index (χ4v) is 5.34. The molecular weight excluding hydrogens is 424 g/mol. The van der Waals surface area contributed by atoms with Crippen LogP contribution in [0.1, 0.15) is 18.1 Å². The molecule has 1 fully saturated rings. The van der Waals surface area contributed by atoms with Crippen LogP contribution in [0.25, 0.3) is 11.3 Å². The molecule has 8 heteroatoms. The number of aromatic nitrogens is 2. The third kappa shape index (κ3) is 4.61. The maximum atomic E-state index is 13.0. The van der Waals surface area contributed by atoms with Crippen LogP contribution in [0.5, 0.6) is 5.75 Å².